The molecule has 1 N–H and O–H groups in total. The van der Waals surface area contributed by atoms with Gasteiger partial charge in [0.05, 0.1) is 0 Å². The maximum Gasteiger partial charge on any atom is 0.0459 e. The van der Waals surface area contributed by atoms with E-state index in [-0.39, 0.29) is 0 Å². The average Bonchev–Trinajstić information content (AvgIpc) is 2.17. The summed E-state index contributed by atoms with van der Waals surface area (Å²) in [5.41, 5.74) is 5.16. The number of fused-ring (bicyclic) bond motifs is 1. The first-order chi connectivity index (χ1) is 6.70. The third kappa shape index (κ3) is 1.61. The van der Waals surface area contributed by atoms with E-state index in [2.05, 4.69) is 30.2 Å². The minimum atomic E-state index is 0.805. The van der Waals surface area contributed by atoms with E-state index in [4.69, 9.17) is 0 Å². The molecule has 1 aromatic rings. The summed E-state index contributed by atoms with van der Waals surface area (Å²) in [7, 11) is 1.99. The zero-order valence-corrected chi connectivity index (χ0v) is 9.22. The van der Waals surface area contributed by atoms with Crippen LogP contribution in [0, 0.1) is 12.8 Å². The number of pyridine rings is 1. The smallest absolute Gasteiger partial charge is 0.0459 e. The standard InChI is InChI=1S/C12H18N2/c1-8-4-5-11-10(6-8)12(13-3)7-9(2)14-11/h7-8H,4-6H2,1-3H3,(H,13,14). The van der Waals surface area contributed by atoms with Crippen LogP contribution in [0.5, 0.6) is 0 Å². The van der Waals surface area contributed by atoms with Crippen molar-refractivity contribution in [2.24, 2.45) is 5.92 Å². The highest BCUT2D eigenvalue weighted by Crippen LogP contribution is 2.29. The highest BCUT2D eigenvalue weighted by atomic mass is 14.8. The van der Waals surface area contributed by atoms with Crippen molar-refractivity contribution in [1.29, 1.82) is 0 Å². The maximum absolute atomic E-state index is 4.62. The lowest BCUT2D eigenvalue weighted by Gasteiger charge is -2.23. The summed E-state index contributed by atoms with van der Waals surface area (Å²) in [6.07, 6.45) is 3.61. The van der Waals surface area contributed by atoms with Crippen molar-refractivity contribution in [1.82, 2.24) is 4.98 Å². The Morgan fingerprint density at radius 2 is 2.29 bits per heavy atom. The van der Waals surface area contributed by atoms with Gasteiger partial charge in [0.15, 0.2) is 0 Å². The van der Waals surface area contributed by atoms with Crippen LogP contribution < -0.4 is 5.32 Å². The first-order valence-corrected chi connectivity index (χ1v) is 5.38. The maximum atomic E-state index is 4.62. The molecule has 14 heavy (non-hydrogen) atoms. The monoisotopic (exact) mass is 190 g/mol. The van der Waals surface area contributed by atoms with Gasteiger partial charge in [0.2, 0.25) is 0 Å². The Hall–Kier alpha value is -1.05. The molecule has 2 rings (SSSR count). The summed E-state index contributed by atoms with van der Waals surface area (Å²) in [4.78, 5) is 4.62. The molecule has 76 valence electrons. The van der Waals surface area contributed by atoms with Gasteiger partial charge in [-0.05, 0) is 43.7 Å². The Bertz CT molecular complexity index is 327. The molecule has 0 amide bonds. The second-order valence-corrected chi connectivity index (χ2v) is 4.33. The summed E-state index contributed by atoms with van der Waals surface area (Å²) in [5.74, 6) is 0.805. The van der Waals surface area contributed by atoms with Gasteiger partial charge in [0, 0.05) is 24.1 Å². The number of hydrogen-bond donors (Lipinski definition) is 1. The highest BCUT2D eigenvalue weighted by molar-refractivity contribution is 5.54. The minimum Gasteiger partial charge on any atom is -0.388 e. The molecule has 1 heterocycles. The van der Waals surface area contributed by atoms with Gasteiger partial charge in [0.25, 0.3) is 0 Å². The quantitative estimate of drug-likeness (QED) is 0.736. The van der Waals surface area contributed by atoms with Crippen molar-refractivity contribution in [3.05, 3.63) is 23.0 Å². The first-order valence-electron chi connectivity index (χ1n) is 5.38. The number of rotatable bonds is 1. The molecule has 0 saturated heterocycles. The number of anilines is 1. The van der Waals surface area contributed by atoms with Gasteiger partial charge in [-0.25, -0.2) is 0 Å². The molecule has 0 aromatic carbocycles. The number of nitrogens with zero attached hydrogens (tertiary/aromatic N) is 1. The highest BCUT2D eigenvalue weighted by Gasteiger charge is 2.19. The molecule has 1 aromatic heterocycles. The van der Waals surface area contributed by atoms with E-state index in [0.717, 1.165) is 18.0 Å². The normalized spacial score (nSPS) is 20.4. The third-order valence-electron chi connectivity index (χ3n) is 3.03. The molecule has 2 heteroatoms. The van der Waals surface area contributed by atoms with Gasteiger partial charge in [-0.3, -0.25) is 4.98 Å². The van der Waals surface area contributed by atoms with E-state index in [1.165, 1.54) is 29.8 Å². The molecule has 0 bridgehead atoms. The summed E-state index contributed by atoms with van der Waals surface area (Å²) < 4.78 is 0. The van der Waals surface area contributed by atoms with Crippen LogP contribution in [0.3, 0.4) is 0 Å². The van der Waals surface area contributed by atoms with Crippen LogP contribution in [0.25, 0.3) is 0 Å². The lowest BCUT2D eigenvalue weighted by atomic mass is 9.87. The lowest BCUT2D eigenvalue weighted by Crippen LogP contribution is -2.15. The number of aryl methyl sites for hydroxylation is 2. The van der Waals surface area contributed by atoms with Crippen LogP contribution in [0.15, 0.2) is 6.07 Å². The first kappa shape index (κ1) is 9.50. The van der Waals surface area contributed by atoms with Crippen LogP contribution in [-0.2, 0) is 12.8 Å². The molecule has 0 fully saturated rings. The summed E-state index contributed by atoms with van der Waals surface area (Å²) in [6.45, 7) is 4.39. The summed E-state index contributed by atoms with van der Waals surface area (Å²) >= 11 is 0. The Balaban J connectivity index is 2.47. The predicted molar refractivity (Wildman–Crippen MR) is 59.7 cm³/mol. The number of hydrogen-bond acceptors (Lipinski definition) is 2. The topological polar surface area (TPSA) is 24.9 Å². The fourth-order valence-corrected chi connectivity index (χ4v) is 2.26. The van der Waals surface area contributed by atoms with E-state index in [1.54, 1.807) is 0 Å². The van der Waals surface area contributed by atoms with Crippen LogP contribution in [-0.4, -0.2) is 12.0 Å². The van der Waals surface area contributed by atoms with E-state index >= 15 is 0 Å². The van der Waals surface area contributed by atoms with Crippen molar-refractivity contribution >= 4 is 5.69 Å². The van der Waals surface area contributed by atoms with Crippen molar-refractivity contribution in [3.63, 3.8) is 0 Å². The molecule has 1 aliphatic carbocycles. The lowest BCUT2D eigenvalue weighted by molar-refractivity contribution is 0.494. The third-order valence-corrected chi connectivity index (χ3v) is 3.03. The Morgan fingerprint density at radius 1 is 1.50 bits per heavy atom. The van der Waals surface area contributed by atoms with Crippen molar-refractivity contribution in [3.8, 4) is 0 Å². The van der Waals surface area contributed by atoms with Gasteiger partial charge < -0.3 is 5.32 Å². The molecule has 1 atom stereocenters. The molecule has 0 spiro atoms. The van der Waals surface area contributed by atoms with E-state index in [1.807, 2.05) is 7.05 Å². The molecular weight excluding hydrogens is 172 g/mol. The zero-order valence-electron chi connectivity index (χ0n) is 9.22. The van der Waals surface area contributed by atoms with E-state index in [0.29, 0.717) is 0 Å². The van der Waals surface area contributed by atoms with Gasteiger partial charge in [-0.15, -0.1) is 0 Å². The van der Waals surface area contributed by atoms with Crippen molar-refractivity contribution in [2.45, 2.75) is 33.1 Å². The predicted octanol–water partition coefficient (Wildman–Crippen LogP) is 2.56. The molecule has 2 nitrogen and oxygen atoms in total. The molecule has 1 aliphatic rings. The van der Waals surface area contributed by atoms with Crippen LogP contribution >= 0.6 is 0 Å². The molecule has 1 unspecified atom stereocenters. The molecule has 0 radical (unpaired) electrons. The number of nitrogens with one attached hydrogen (secondary N) is 1. The van der Waals surface area contributed by atoms with Gasteiger partial charge >= 0.3 is 0 Å². The van der Waals surface area contributed by atoms with E-state index < -0.39 is 0 Å². The SMILES string of the molecule is CNc1cc(C)nc2c1CC(C)CC2. The Morgan fingerprint density at radius 3 is 3.00 bits per heavy atom. The fraction of sp³-hybridized carbons (Fsp3) is 0.583. The van der Waals surface area contributed by atoms with Crippen molar-refractivity contribution in [2.75, 3.05) is 12.4 Å². The largest absolute Gasteiger partial charge is 0.388 e. The fourth-order valence-electron chi connectivity index (χ4n) is 2.26. The number of aromatic nitrogens is 1. The molecule has 0 saturated carbocycles. The Labute approximate surface area is 85.7 Å². The summed E-state index contributed by atoms with van der Waals surface area (Å²) in [6, 6.07) is 2.15. The second kappa shape index (κ2) is 3.60. The van der Waals surface area contributed by atoms with Crippen molar-refractivity contribution < 1.29 is 0 Å². The van der Waals surface area contributed by atoms with Crippen LogP contribution in [0.2, 0.25) is 0 Å². The Kier molecular flexibility index (Phi) is 2.44. The van der Waals surface area contributed by atoms with Crippen LogP contribution in [0.4, 0.5) is 5.69 Å². The van der Waals surface area contributed by atoms with Crippen LogP contribution in [0.1, 0.15) is 30.3 Å². The van der Waals surface area contributed by atoms with Gasteiger partial charge in [-0.2, -0.15) is 0 Å². The summed E-state index contributed by atoms with van der Waals surface area (Å²) in [5, 5.41) is 3.28. The van der Waals surface area contributed by atoms with E-state index in [9.17, 15) is 0 Å². The molecule has 0 aliphatic heterocycles. The van der Waals surface area contributed by atoms with Gasteiger partial charge in [0.1, 0.15) is 0 Å². The minimum absolute atomic E-state index is 0.805. The van der Waals surface area contributed by atoms with Gasteiger partial charge in [-0.1, -0.05) is 6.92 Å². The average molecular weight is 190 g/mol. The second-order valence-electron chi connectivity index (χ2n) is 4.33. The molecular formula is C12H18N2. The zero-order chi connectivity index (χ0) is 10.1.